The fourth-order valence-electron chi connectivity index (χ4n) is 3.14. The lowest BCUT2D eigenvalue weighted by molar-refractivity contribution is 0.881. The molecule has 5 rings (SSSR count). The Morgan fingerprint density at radius 3 is 2.77 bits per heavy atom. The first-order valence-electron chi connectivity index (χ1n) is 9.05. The van der Waals surface area contributed by atoms with E-state index in [-0.39, 0.29) is 0 Å². The summed E-state index contributed by atoms with van der Waals surface area (Å²) in [5, 5.41) is 29.4. The molecule has 0 amide bonds. The van der Waals surface area contributed by atoms with Gasteiger partial charge in [0.25, 0.3) is 0 Å². The fraction of sp³-hybridized carbons (Fsp3) is 0.0526. The minimum absolute atomic E-state index is 0.502. The standard InChI is InChI=1S/C19H15ClN10/c20-12-5-3-6-13(8-12)24-17-15-18(25-26-19(15)23-10-22-17)21-9-11-4-1-2-7-14(11)16-27-29-30-28-16/h1-8,10H,9H2,(H,27,28,29,30)(H3,21,22,23,24,25,26). The number of benzene rings is 2. The Bertz CT molecular complexity index is 1300. The summed E-state index contributed by atoms with van der Waals surface area (Å²) in [5.74, 6) is 1.85. The first-order valence-corrected chi connectivity index (χ1v) is 9.43. The highest BCUT2D eigenvalue weighted by molar-refractivity contribution is 6.30. The zero-order valence-electron chi connectivity index (χ0n) is 15.5. The summed E-state index contributed by atoms with van der Waals surface area (Å²) in [6.45, 7) is 0.502. The van der Waals surface area contributed by atoms with E-state index < -0.39 is 0 Å². The van der Waals surface area contributed by atoms with E-state index in [1.165, 1.54) is 6.33 Å². The van der Waals surface area contributed by atoms with Crippen LogP contribution in [0.25, 0.3) is 22.4 Å². The van der Waals surface area contributed by atoms with E-state index in [1.807, 2.05) is 48.5 Å². The molecule has 0 saturated carbocycles. The van der Waals surface area contributed by atoms with Crippen LogP contribution in [0.4, 0.5) is 17.3 Å². The molecule has 0 radical (unpaired) electrons. The van der Waals surface area contributed by atoms with Gasteiger partial charge < -0.3 is 10.6 Å². The zero-order chi connectivity index (χ0) is 20.3. The Morgan fingerprint density at radius 1 is 0.967 bits per heavy atom. The Hall–Kier alpha value is -4.05. The number of aromatic amines is 2. The smallest absolute Gasteiger partial charge is 0.179 e. The highest BCUT2D eigenvalue weighted by Gasteiger charge is 2.14. The van der Waals surface area contributed by atoms with Gasteiger partial charge in [-0.15, -0.1) is 5.10 Å². The van der Waals surface area contributed by atoms with Crippen LogP contribution >= 0.6 is 11.6 Å². The summed E-state index contributed by atoms with van der Waals surface area (Å²) in [6.07, 6.45) is 1.48. The van der Waals surface area contributed by atoms with Crippen molar-refractivity contribution in [2.75, 3.05) is 10.6 Å². The maximum absolute atomic E-state index is 6.09. The van der Waals surface area contributed by atoms with Gasteiger partial charge in [-0.2, -0.15) is 5.10 Å². The first kappa shape index (κ1) is 18.0. The molecule has 0 aliphatic carbocycles. The normalized spacial score (nSPS) is 11.0. The second-order valence-electron chi connectivity index (χ2n) is 6.41. The predicted molar refractivity (Wildman–Crippen MR) is 113 cm³/mol. The van der Waals surface area contributed by atoms with Gasteiger partial charge in [0, 0.05) is 22.8 Å². The maximum atomic E-state index is 6.09. The SMILES string of the molecule is Clc1cccc(Nc2ncnc3[nH]nc(NCc4ccccc4-c4nnn[nH]4)c23)c1. The van der Waals surface area contributed by atoms with Gasteiger partial charge in [0.1, 0.15) is 17.5 Å². The summed E-state index contributed by atoms with van der Waals surface area (Å²) < 4.78 is 0. The van der Waals surface area contributed by atoms with Crippen molar-refractivity contribution in [2.24, 2.45) is 0 Å². The van der Waals surface area contributed by atoms with E-state index >= 15 is 0 Å². The van der Waals surface area contributed by atoms with Gasteiger partial charge in [0.2, 0.25) is 0 Å². The largest absolute Gasteiger partial charge is 0.364 e. The first-order chi connectivity index (χ1) is 14.8. The lowest BCUT2D eigenvalue weighted by Gasteiger charge is -2.10. The topological polar surface area (TPSA) is 133 Å². The van der Waals surface area contributed by atoms with E-state index in [9.17, 15) is 0 Å². The summed E-state index contributed by atoms with van der Waals surface area (Å²) >= 11 is 6.09. The van der Waals surface area contributed by atoms with Crippen molar-refractivity contribution in [3.63, 3.8) is 0 Å². The molecular formula is C19H15ClN10. The summed E-state index contributed by atoms with van der Waals surface area (Å²) in [6, 6.07) is 15.3. The average Bonchev–Trinajstić information content (AvgIpc) is 3.43. The van der Waals surface area contributed by atoms with Gasteiger partial charge in [-0.3, -0.25) is 5.10 Å². The average molecular weight is 419 g/mol. The predicted octanol–water partition coefficient (Wildman–Crippen LogP) is 3.54. The number of fused-ring (bicyclic) bond motifs is 1. The van der Waals surface area contributed by atoms with Crippen molar-refractivity contribution in [3.8, 4) is 11.4 Å². The molecule has 10 nitrogen and oxygen atoms in total. The minimum Gasteiger partial charge on any atom is -0.364 e. The van der Waals surface area contributed by atoms with Crippen LogP contribution in [0.3, 0.4) is 0 Å². The van der Waals surface area contributed by atoms with Crippen molar-refractivity contribution in [3.05, 3.63) is 65.4 Å². The number of H-pyrrole nitrogens is 2. The van der Waals surface area contributed by atoms with Crippen LogP contribution in [0.1, 0.15) is 5.56 Å². The van der Waals surface area contributed by atoms with Gasteiger partial charge in [-0.1, -0.05) is 41.9 Å². The lowest BCUT2D eigenvalue weighted by Crippen LogP contribution is -2.03. The Balaban J connectivity index is 1.45. The third-order valence-electron chi connectivity index (χ3n) is 4.51. The molecule has 0 spiro atoms. The number of nitrogens with zero attached hydrogens (tertiary/aromatic N) is 6. The quantitative estimate of drug-likeness (QED) is 0.329. The molecule has 0 bridgehead atoms. The molecule has 11 heteroatoms. The molecule has 2 aromatic carbocycles. The van der Waals surface area contributed by atoms with Crippen LogP contribution in [0.5, 0.6) is 0 Å². The minimum atomic E-state index is 0.502. The molecule has 0 aliphatic rings. The summed E-state index contributed by atoms with van der Waals surface area (Å²) in [7, 11) is 0. The molecule has 3 aromatic heterocycles. The molecule has 3 heterocycles. The molecule has 0 unspecified atom stereocenters. The van der Waals surface area contributed by atoms with E-state index in [0.29, 0.717) is 34.7 Å². The number of tetrazole rings is 1. The second kappa shape index (κ2) is 7.76. The molecule has 5 aromatic rings. The second-order valence-corrected chi connectivity index (χ2v) is 6.85. The Morgan fingerprint density at radius 2 is 1.90 bits per heavy atom. The number of aromatic nitrogens is 8. The summed E-state index contributed by atoms with van der Waals surface area (Å²) in [4.78, 5) is 8.65. The maximum Gasteiger partial charge on any atom is 0.179 e. The summed E-state index contributed by atoms with van der Waals surface area (Å²) in [5.41, 5.74) is 3.35. The molecule has 0 saturated heterocycles. The van der Waals surface area contributed by atoms with E-state index in [1.54, 1.807) is 0 Å². The van der Waals surface area contributed by atoms with Gasteiger partial charge in [-0.25, -0.2) is 15.1 Å². The molecule has 0 atom stereocenters. The molecule has 4 N–H and O–H groups in total. The van der Waals surface area contributed by atoms with Crippen LogP contribution < -0.4 is 10.6 Å². The van der Waals surface area contributed by atoms with E-state index in [0.717, 1.165) is 22.2 Å². The van der Waals surface area contributed by atoms with Gasteiger partial charge >= 0.3 is 0 Å². The van der Waals surface area contributed by atoms with Crippen LogP contribution in [-0.4, -0.2) is 40.8 Å². The molecule has 0 aliphatic heterocycles. The van der Waals surface area contributed by atoms with Gasteiger partial charge in [0.05, 0.1) is 0 Å². The highest BCUT2D eigenvalue weighted by atomic mass is 35.5. The number of nitrogens with one attached hydrogen (secondary N) is 4. The van der Waals surface area contributed by atoms with Crippen molar-refractivity contribution >= 4 is 40.0 Å². The van der Waals surface area contributed by atoms with Crippen LogP contribution in [0.15, 0.2) is 54.9 Å². The Labute approximate surface area is 175 Å². The van der Waals surface area contributed by atoms with Crippen LogP contribution in [0.2, 0.25) is 5.02 Å². The van der Waals surface area contributed by atoms with Gasteiger partial charge in [-0.05, 0) is 34.2 Å². The lowest BCUT2D eigenvalue weighted by atomic mass is 10.1. The van der Waals surface area contributed by atoms with Crippen LogP contribution in [0, 0.1) is 0 Å². The van der Waals surface area contributed by atoms with Crippen molar-refractivity contribution in [1.82, 2.24) is 40.8 Å². The Kier molecular flexibility index (Phi) is 4.66. The number of rotatable bonds is 6. The van der Waals surface area contributed by atoms with Gasteiger partial charge in [0.15, 0.2) is 17.3 Å². The molecule has 148 valence electrons. The molecular weight excluding hydrogens is 404 g/mol. The number of halogens is 1. The van der Waals surface area contributed by atoms with E-state index in [2.05, 4.69) is 51.4 Å². The molecule has 30 heavy (non-hydrogen) atoms. The third kappa shape index (κ3) is 3.51. The van der Waals surface area contributed by atoms with Crippen molar-refractivity contribution in [1.29, 1.82) is 0 Å². The third-order valence-corrected chi connectivity index (χ3v) is 4.74. The fourth-order valence-corrected chi connectivity index (χ4v) is 3.33. The molecule has 0 fully saturated rings. The highest BCUT2D eigenvalue weighted by Crippen LogP contribution is 2.29. The number of anilines is 3. The number of hydrogen-bond acceptors (Lipinski definition) is 8. The van der Waals surface area contributed by atoms with E-state index in [4.69, 9.17) is 11.6 Å². The monoisotopic (exact) mass is 418 g/mol. The van der Waals surface area contributed by atoms with Crippen molar-refractivity contribution < 1.29 is 0 Å². The zero-order valence-corrected chi connectivity index (χ0v) is 16.2. The number of hydrogen-bond donors (Lipinski definition) is 4. The van der Waals surface area contributed by atoms with Crippen molar-refractivity contribution in [2.45, 2.75) is 6.54 Å². The van der Waals surface area contributed by atoms with Crippen LogP contribution in [-0.2, 0) is 6.54 Å².